The fraction of sp³-hybridized carbons (Fsp3) is 0.133. The van der Waals surface area contributed by atoms with Crippen molar-refractivity contribution in [3.63, 3.8) is 0 Å². The number of rotatable bonds is 4. The number of halogens is 3. The zero-order chi connectivity index (χ0) is 14.7. The lowest BCUT2D eigenvalue weighted by Crippen LogP contribution is -2.15. The molecule has 2 rings (SSSR count). The maximum atomic E-state index is 13.8. The van der Waals surface area contributed by atoms with Crippen LogP contribution in [0.4, 0.5) is 8.78 Å². The van der Waals surface area contributed by atoms with E-state index in [1.54, 1.807) is 6.07 Å². The van der Waals surface area contributed by atoms with Gasteiger partial charge in [0, 0.05) is 4.47 Å². The normalized spacial score (nSPS) is 12.2. The molecular weight excluding hydrogens is 330 g/mol. The van der Waals surface area contributed by atoms with Gasteiger partial charge in [-0.15, -0.1) is 0 Å². The summed E-state index contributed by atoms with van der Waals surface area (Å²) in [5.41, 5.74) is 0.602. The number of benzene rings is 2. The van der Waals surface area contributed by atoms with Gasteiger partial charge in [0.2, 0.25) is 0 Å². The Hall–Kier alpha value is -1.75. The first-order valence-electron chi connectivity index (χ1n) is 5.89. The Kier molecular flexibility index (Phi) is 4.49. The van der Waals surface area contributed by atoms with Crippen LogP contribution in [-0.2, 0) is 11.2 Å². The summed E-state index contributed by atoms with van der Waals surface area (Å²) in [6, 6.07) is 9.81. The molecule has 0 fully saturated rings. The lowest BCUT2D eigenvalue weighted by molar-refractivity contribution is -0.138. The summed E-state index contributed by atoms with van der Waals surface area (Å²) in [4.78, 5) is 11.3. The highest BCUT2D eigenvalue weighted by Crippen LogP contribution is 2.25. The summed E-state index contributed by atoms with van der Waals surface area (Å²) in [6.45, 7) is 0. The van der Waals surface area contributed by atoms with Crippen LogP contribution in [0, 0.1) is 11.6 Å². The molecule has 0 saturated carbocycles. The largest absolute Gasteiger partial charge is 0.481 e. The third-order valence-corrected chi connectivity index (χ3v) is 3.48. The molecule has 0 aliphatic carbocycles. The van der Waals surface area contributed by atoms with E-state index < -0.39 is 23.5 Å². The van der Waals surface area contributed by atoms with E-state index in [9.17, 15) is 18.7 Å². The maximum Gasteiger partial charge on any atom is 0.311 e. The average Bonchev–Trinajstić information content (AvgIpc) is 2.37. The van der Waals surface area contributed by atoms with Crippen LogP contribution in [0.5, 0.6) is 0 Å². The number of carbonyl (C=O) groups is 1. The van der Waals surface area contributed by atoms with Gasteiger partial charge in [0.15, 0.2) is 0 Å². The molecule has 0 bridgehead atoms. The van der Waals surface area contributed by atoms with E-state index in [2.05, 4.69) is 15.9 Å². The zero-order valence-corrected chi connectivity index (χ0v) is 11.9. The van der Waals surface area contributed by atoms with Gasteiger partial charge in [0.05, 0.1) is 5.92 Å². The fourth-order valence-electron chi connectivity index (χ4n) is 1.98. The van der Waals surface area contributed by atoms with Crippen molar-refractivity contribution in [2.75, 3.05) is 0 Å². The van der Waals surface area contributed by atoms with Gasteiger partial charge in [-0.1, -0.05) is 34.1 Å². The molecule has 1 atom stereocenters. The van der Waals surface area contributed by atoms with Gasteiger partial charge in [0.25, 0.3) is 0 Å². The van der Waals surface area contributed by atoms with Gasteiger partial charge in [-0.05, 0) is 41.8 Å². The molecule has 0 aliphatic rings. The van der Waals surface area contributed by atoms with Crippen molar-refractivity contribution in [1.82, 2.24) is 0 Å². The van der Waals surface area contributed by atoms with Crippen LogP contribution in [0.15, 0.2) is 46.9 Å². The Labute approximate surface area is 123 Å². The third-order valence-electron chi connectivity index (χ3n) is 2.99. The minimum absolute atomic E-state index is 0.0299. The first kappa shape index (κ1) is 14.7. The van der Waals surface area contributed by atoms with Gasteiger partial charge in [-0.2, -0.15) is 0 Å². The second-order valence-corrected chi connectivity index (χ2v) is 5.30. The Bertz CT molecular complexity index is 644. The molecule has 0 aromatic heterocycles. The van der Waals surface area contributed by atoms with E-state index in [0.717, 1.165) is 6.07 Å². The second kappa shape index (κ2) is 6.13. The molecule has 0 aliphatic heterocycles. The van der Waals surface area contributed by atoms with E-state index in [1.807, 2.05) is 0 Å². The minimum Gasteiger partial charge on any atom is -0.481 e. The molecule has 1 unspecified atom stereocenters. The molecule has 0 spiro atoms. The predicted molar refractivity (Wildman–Crippen MR) is 74.6 cm³/mol. The van der Waals surface area contributed by atoms with Gasteiger partial charge in [0.1, 0.15) is 11.6 Å². The summed E-state index contributed by atoms with van der Waals surface area (Å²) in [5, 5.41) is 9.27. The number of carboxylic acid groups (broad SMARTS) is 1. The smallest absolute Gasteiger partial charge is 0.311 e. The lowest BCUT2D eigenvalue weighted by atomic mass is 9.92. The average molecular weight is 341 g/mol. The van der Waals surface area contributed by atoms with E-state index in [-0.39, 0.29) is 12.0 Å². The number of aliphatic carboxylic acids is 1. The second-order valence-electron chi connectivity index (χ2n) is 4.39. The summed E-state index contributed by atoms with van der Waals surface area (Å²) in [7, 11) is 0. The summed E-state index contributed by atoms with van der Waals surface area (Å²) < 4.78 is 27.5. The van der Waals surface area contributed by atoms with Crippen LogP contribution in [-0.4, -0.2) is 11.1 Å². The van der Waals surface area contributed by atoms with Crippen LogP contribution in [0.2, 0.25) is 0 Å². The van der Waals surface area contributed by atoms with Crippen LogP contribution in [0.25, 0.3) is 0 Å². The molecule has 2 aromatic carbocycles. The molecule has 0 radical (unpaired) electrons. The Morgan fingerprint density at radius 1 is 1.20 bits per heavy atom. The minimum atomic E-state index is -1.11. The fourth-order valence-corrected chi connectivity index (χ4v) is 2.31. The molecular formula is C15H11BrF2O2. The zero-order valence-electron chi connectivity index (χ0n) is 10.3. The quantitative estimate of drug-likeness (QED) is 0.908. The van der Waals surface area contributed by atoms with Crippen molar-refractivity contribution < 1.29 is 18.7 Å². The number of hydrogen-bond acceptors (Lipinski definition) is 1. The summed E-state index contributed by atoms with van der Waals surface area (Å²) >= 11 is 3.14. The molecule has 0 amide bonds. The van der Waals surface area contributed by atoms with Crippen molar-refractivity contribution >= 4 is 21.9 Å². The molecule has 104 valence electrons. The van der Waals surface area contributed by atoms with Crippen molar-refractivity contribution in [3.05, 3.63) is 69.7 Å². The van der Waals surface area contributed by atoms with Crippen LogP contribution in [0.1, 0.15) is 17.0 Å². The Morgan fingerprint density at radius 3 is 2.55 bits per heavy atom. The van der Waals surface area contributed by atoms with Crippen molar-refractivity contribution in [2.45, 2.75) is 12.3 Å². The lowest BCUT2D eigenvalue weighted by Gasteiger charge is -2.13. The number of hydrogen-bond donors (Lipinski definition) is 1. The standard InChI is InChI=1S/C15H11BrF2O2/c16-11-5-4-10(14(18)8-11)7-13(15(19)20)9-2-1-3-12(17)6-9/h1-6,8,13H,7H2,(H,19,20). The molecule has 2 nitrogen and oxygen atoms in total. The van der Waals surface area contributed by atoms with Crippen molar-refractivity contribution in [1.29, 1.82) is 0 Å². The molecule has 0 heterocycles. The predicted octanol–water partition coefficient (Wildman–Crippen LogP) is 4.14. The van der Waals surface area contributed by atoms with Gasteiger partial charge in [-0.25, -0.2) is 8.78 Å². The van der Waals surface area contributed by atoms with Crippen molar-refractivity contribution in [2.24, 2.45) is 0 Å². The van der Waals surface area contributed by atoms with Crippen molar-refractivity contribution in [3.8, 4) is 0 Å². The first-order chi connectivity index (χ1) is 9.47. The highest BCUT2D eigenvalue weighted by Gasteiger charge is 2.22. The van der Waals surface area contributed by atoms with Gasteiger partial charge < -0.3 is 5.11 Å². The molecule has 5 heteroatoms. The summed E-state index contributed by atoms with van der Waals surface area (Å²) in [5.74, 6) is -3.09. The first-order valence-corrected chi connectivity index (χ1v) is 6.69. The Morgan fingerprint density at radius 2 is 1.95 bits per heavy atom. The highest BCUT2D eigenvalue weighted by atomic mass is 79.9. The molecule has 20 heavy (non-hydrogen) atoms. The molecule has 2 aromatic rings. The van der Waals surface area contributed by atoms with Crippen LogP contribution in [0.3, 0.4) is 0 Å². The van der Waals surface area contributed by atoms with Crippen LogP contribution >= 0.6 is 15.9 Å². The Balaban J connectivity index is 2.33. The summed E-state index contributed by atoms with van der Waals surface area (Å²) in [6.07, 6.45) is -0.0299. The van der Waals surface area contributed by atoms with E-state index in [0.29, 0.717) is 10.0 Å². The van der Waals surface area contributed by atoms with E-state index >= 15 is 0 Å². The SMILES string of the molecule is O=C(O)C(Cc1ccc(Br)cc1F)c1cccc(F)c1. The maximum absolute atomic E-state index is 13.8. The monoisotopic (exact) mass is 340 g/mol. The topological polar surface area (TPSA) is 37.3 Å². The molecule has 0 saturated heterocycles. The van der Waals surface area contributed by atoms with Gasteiger partial charge >= 0.3 is 5.97 Å². The molecule has 1 N–H and O–H groups in total. The highest BCUT2D eigenvalue weighted by molar-refractivity contribution is 9.10. The van der Waals surface area contributed by atoms with Gasteiger partial charge in [-0.3, -0.25) is 4.79 Å². The third kappa shape index (κ3) is 3.42. The van der Waals surface area contributed by atoms with E-state index in [1.165, 1.54) is 30.3 Å². The van der Waals surface area contributed by atoms with E-state index in [4.69, 9.17) is 0 Å². The van der Waals surface area contributed by atoms with Crippen LogP contribution < -0.4 is 0 Å². The number of carboxylic acids is 1.